The van der Waals surface area contributed by atoms with Crippen molar-refractivity contribution in [2.24, 2.45) is 7.05 Å². The van der Waals surface area contributed by atoms with Gasteiger partial charge in [-0.3, -0.25) is 0 Å². The van der Waals surface area contributed by atoms with E-state index < -0.39 is 30.2 Å². The van der Waals surface area contributed by atoms with Crippen LogP contribution >= 0.6 is 0 Å². The Kier molecular flexibility index (Phi) is 5.15. The predicted octanol–water partition coefficient (Wildman–Crippen LogP) is 10.4. The highest BCUT2D eigenvalue weighted by atomic mass is 16.3. The summed E-state index contributed by atoms with van der Waals surface area (Å²) in [7, 11) is 2.00. The van der Waals surface area contributed by atoms with Gasteiger partial charge in [0.25, 0.3) is 0 Å². The number of hydrogen-bond acceptors (Lipinski definition) is 2. The summed E-state index contributed by atoms with van der Waals surface area (Å²) in [4.78, 5) is 4.63. The molecule has 3 aromatic heterocycles. The van der Waals surface area contributed by atoms with Crippen molar-refractivity contribution in [3.63, 3.8) is 0 Å². The Morgan fingerprint density at radius 2 is 1.31 bits per heavy atom. The number of pyridine rings is 2. The van der Waals surface area contributed by atoms with Gasteiger partial charge in [-0.2, -0.15) is 0 Å². The highest BCUT2D eigenvalue weighted by Gasteiger charge is 2.24. The molecule has 8 aromatic rings. The normalized spacial score (nSPS) is 13.2. The van der Waals surface area contributed by atoms with Gasteiger partial charge in [0.05, 0.1) is 19.5 Å². The Morgan fingerprint density at radius 1 is 0.622 bits per heavy atom. The zero-order valence-electron chi connectivity index (χ0n) is 30.8. The number of furan rings is 1. The Morgan fingerprint density at radius 3 is 2.00 bits per heavy atom. The van der Waals surface area contributed by atoms with Crippen molar-refractivity contribution in [3.8, 4) is 55.9 Å². The maximum Gasteiger partial charge on any atom is 0.227 e. The molecule has 5 aromatic carbocycles. The lowest BCUT2D eigenvalue weighted by Gasteiger charge is -2.17. The fourth-order valence-electron chi connectivity index (χ4n) is 6.13. The molecule has 0 aliphatic carbocycles. The molecular formula is C42H31N2O+. The summed E-state index contributed by atoms with van der Waals surface area (Å²) in [6.45, 7) is 2.03. The van der Waals surface area contributed by atoms with Crippen molar-refractivity contribution in [1.29, 1.82) is 0 Å². The SMILES string of the molecule is [2H]c1cc2c(nc1-c1c([2H])c([2H])c([2H])c([2H])c1[2H])oc1c(-c3cc(-c4c(-c5ccccc5)cccc4-c4ccccc4)cc[n+]3C)c(C)ccc12. The zero-order valence-corrected chi connectivity index (χ0v) is 24.8. The van der Waals surface area contributed by atoms with Crippen LogP contribution in [-0.4, -0.2) is 4.98 Å². The fourth-order valence-corrected chi connectivity index (χ4v) is 6.13. The molecule has 0 radical (unpaired) electrons. The molecule has 3 nitrogen and oxygen atoms in total. The molecule has 0 unspecified atom stereocenters. The Hall–Kier alpha value is -5.80. The van der Waals surface area contributed by atoms with Gasteiger partial charge >= 0.3 is 0 Å². The van der Waals surface area contributed by atoms with Crippen molar-refractivity contribution in [2.75, 3.05) is 0 Å². The van der Waals surface area contributed by atoms with Gasteiger partial charge in [-0.1, -0.05) is 121 Å². The molecule has 0 aliphatic heterocycles. The first-order chi connectivity index (χ1) is 24.6. The third-order valence-electron chi connectivity index (χ3n) is 8.32. The number of fused-ring (bicyclic) bond motifs is 3. The fraction of sp³-hybridized carbons (Fsp3) is 0.0476. The van der Waals surface area contributed by atoms with Gasteiger partial charge in [0, 0.05) is 28.5 Å². The largest absolute Gasteiger partial charge is 0.437 e. The molecule has 0 saturated carbocycles. The second-order valence-electron chi connectivity index (χ2n) is 11.1. The molecule has 0 amide bonds. The minimum atomic E-state index is -0.498. The van der Waals surface area contributed by atoms with Crippen molar-refractivity contribution in [1.82, 2.24) is 4.98 Å². The van der Waals surface area contributed by atoms with Gasteiger partial charge in [-0.05, 0) is 58.0 Å². The molecule has 214 valence electrons. The molecule has 0 atom stereocenters. The molecule has 8 rings (SSSR count). The van der Waals surface area contributed by atoms with Crippen LogP contribution in [0.2, 0.25) is 0 Å². The second kappa shape index (κ2) is 11.0. The topological polar surface area (TPSA) is 29.9 Å². The Balaban J connectivity index is 1.36. The van der Waals surface area contributed by atoms with Crippen molar-refractivity contribution >= 4 is 22.1 Å². The van der Waals surface area contributed by atoms with Gasteiger partial charge in [0.1, 0.15) is 7.05 Å². The number of rotatable bonds is 5. The lowest BCUT2D eigenvalue weighted by Crippen LogP contribution is -2.30. The van der Waals surface area contributed by atoms with Crippen LogP contribution in [0, 0.1) is 6.92 Å². The maximum absolute atomic E-state index is 8.85. The molecule has 0 saturated heterocycles. The first kappa shape index (κ1) is 21.0. The number of benzene rings is 5. The standard InChI is InChI=1S/C42H31N2O/c1-28-21-22-35-36-23-24-37(31-17-10-5-11-18-31)43-42(36)45-41(35)39(28)38-27-32(25-26-44(38)2)40-33(29-13-6-3-7-14-29)19-12-20-34(40)30-15-8-4-9-16-30/h3-27H,1-2H3/q+1/i5D,10D,11D,17D,18D,24D. The Labute approximate surface area is 271 Å². The van der Waals surface area contributed by atoms with Crippen LogP contribution < -0.4 is 4.57 Å². The molecule has 3 heteroatoms. The van der Waals surface area contributed by atoms with Gasteiger partial charge in [-0.15, -0.1) is 0 Å². The average Bonchev–Trinajstić information content (AvgIpc) is 3.51. The molecule has 0 spiro atoms. The lowest BCUT2D eigenvalue weighted by atomic mass is 9.87. The number of hydrogen-bond donors (Lipinski definition) is 0. The van der Waals surface area contributed by atoms with Gasteiger partial charge < -0.3 is 4.42 Å². The second-order valence-corrected chi connectivity index (χ2v) is 11.1. The van der Waals surface area contributed by atoms with Gasteiger partial charge in [0.15, 0.2) is 11.8 Å². The Bertz CT molecular complexity index is 2590. The summed E-state index contributed by atoms with van der Waals surface area (Å²) in [5.74, 6) is 0. The van der Waals surface area contributed by atoms with Gasteiger partial charge in [0.2, 0.25) is 11.4 Å². The smallest absolute Gasteiger partial charge is 0.227 e. The van der Waals surface area contributed by atoms with E-state index in [1.54, 1.807) is 6.07 Å². The first-order valence-electron chi connectivity index (χ1n) is 17.8. The van der Waals surface area contributed by atoms with E-state index in [0.717, 1.165) is 55.6 Å². The zero-order chi connectivity index (χ0) is 35.6. The van der Waals surface area contributed by atoms with E-state index in [1.807, 2.05) is 38.2 Å². The minimum Gasteiger partial charge on any atom is -0.437 e. The summed E-state index contributed by atoms with van der Waals surface area (Å²) < 4.78 is 58.7. The summed E-state index contributed by atoms with van der Waals surface area (Å²) in [5.41, 5.74) is 9.99. The van der Waals surface area contributed by atoms with Crippen molar-refractivity contribution in [2.45, 2.75) is 6.92 Å². The maximum atomic E-state index is 8.85. The van der Waals surface area contributed by atoms with Crippen molar-refractivity contribution in [3.05, 3.63) is 157 Å². The van der Waals surface area contributed by atoms with E-state index in [1.165, 1.54) is 0 Å². The van der Waals surface area contributed by atoms with E-state index in [2.05, 4.69) is 94.6 Å². The molecular weight excluding hydrogens is 548 g/mol. The quantitative estimate of drug-likeness (QED) is 0.188. The summed E-state index contributed by atoms with van der Waals surface area (Å²) in [6, 6.07) is 34.7. The van der Waals surface area contributed by atoms with E-state index in [-0.39, 0.29) is 23.0 Å². The highest BCUT2D eigenvalue weighted by molar-refractivity contribution is 6.09. The number of nitrogens with zero attached hydrogens (tertiary/aromatic N) is 2. The van der Waals surface area contributed by atoms with Crippen LogP contribution in [0.1, 0.15) is 13.8 Å². The molecule has 0 aliphatic rings. The average molecular weight is 586 g/mol. The monoisotopic (exact) mass is 585 g/mol. The molecule has 3 heterocycles. The number of aryl methyl sites for hydroxylation is 2. The molecule has 0 fully saturated rings. The van der Waals surface area contributed by atoms with Crippen LogP contribution in [-0.2, 0) is 7.05 Å². The van der Waals surface area contributed by atoms with Crippen molar-refractivity contribution < 1.29 is 17.2 Å². The number of aromatic nitrogens is 2. The van der Waals surface area contributed by atoms with Crippen LogP contribution in [0.15, 0.2) is 156 Å². The minimum absolute atomic E-state index is 0.0321. The summed E-state index contributed by atoms with van der Waals surface area (Å²) in [5, 5.41) is 1.37. The lowest BCUT2D eigenvalue weighted by molar-refractivity contribution is -0.660. The predicted molar refractivity (Wildman–Crippen MR) is 185 cm³/mol. The third kappa shape index (κ3) is 4.70. The summed E-state index contributed by atoms with van der Waals surface area (Å²) in [6.07, 6.45) is 2.05. The van der Waals surface area contributed by atoms with E-state index in [4.69, 9.17) is 12.6 Å². The van der Waals surface area contributed by atoms with Crippen LogP contribution in [0.3, 0.4) is 0 Å². The van der Waals surface area contributed by atoms with Crippen LogP contribution in [0.4, 0.5) is 0 Å². The third-order valence-corrected chi connectivity index (χ3v) is 8.32. The molecule has 0 bridgehead atoms. The molecule has 0 N–H and O–H groups in total. The highest BCUT2D eigenvalue weighted by Crippen LogP contribution is 2.42. The van der Waals surface area contributed by atoms with Gasteiger partial charge in [-0.25, -0.2) is 9.55 Å². The first-order valence-corrected chi connectivity index (χ1v) is 14.8. The summed E-state index contributed by atoms with van der Waals surface area (Å²) >= 11 is 0. The van der Waals surface area contributed by atoms with E-state index in [0.29, 0.717) is 11.0 Å². The van der Waals surface area contributed by atoms with Crippen LogP contribution in [0.25, 0.3) is 78.0 Å². The van der Waals surface area contributed by atoms with Crippen LogP contribution in [0.5, 0.6) is 0 Å². The van der Waals surface area contributed by atoms with E-state index in [9.17, 15) is 0 Å². The molecule has 45 heavy (non-hydrogen) atoms. The van der Waals surface area contributed by atoms with E-state index >= 15 is 0 Å².